The number of carbonyl (C=O) groups excluding carboxylic acids is 1. The number of nitrogens with two attached hydrogens (primary N) is 1. The smallest absolute Gasteiger partial charge is 0.232 e. The van der Waals surface area contributed by atoms with E-state index in [1.165, 1.54) is 0 Å². The molecule has 3 nitrogen and oxygen atoms in total. The van der Waals surface area contributed by atoms with Crippen LogP contribution in [0, 0.1) is 0 Å². The van der Waals surface area contributed by atoms with Gasteiger partial charge >= 0.3 is 0 Å². The number of carbonyl (C=O) groups is 1. The topological polar surface area (TPSA) is 46.3 Å². The van der Waals surface area contributed by atoms with Gasteiger partial charge in [-0.3, -0.25) is 4.79 Å². The molecule has 1 amide bonds. The second kappa shape index (κ2) is 6.30. The van der Waals surface area contributed by atoms with Crippen molar-refractivity contribution in [3.63, 3.8) is 0 Å². The maximum atomic E-state index is 11.7. The molecule has 1 saturated heterocycles. The zero-order chi connectivity index (χ0) is 10.4. The van der Waals surface area contributed by atoms with Crippen LogP contribution in [0.5, 0.6) is 0 Å². The van der Waals surface area contributed by atoms with E-state index < -0.39 is 0 Å². The summed E-state index contributed by atoms with van der Waals surface area (Å²) in [6.07, 6.45) is 3.34. The molecule has 1 atom stereocenters. The molecule has 14 heavy (non-hydrogen) atoms. The molecule has 0 aromatic heterocycles. The van der Waals surface area contributed by atoms with Gasteiger partial charge in [0.15, 0.2) is 0 Å². The van der Waals surface area contributed by atoms with Gasteiger partial charge in [0.2, 0.25) is 5.91 Å². The highest BCUT2D eigenvalue weighted by Gasteiger charge is 2.26. The first-order valence-electron chi connectivity index (χ1n) is 5.36. The van der Waals surface area contributed by atoms with Crippen LogP contribution in [0.25, 0.3) is 0 Å². The van der Waals surface area contributed by atoms with Crippen LogP contribution in [0.2, 0.25) is 0 Å². The molecule has 1 rings (SSSR count). The average molecular weight is 216 g/mol. The van der Waals surface area contributed by atoms with Crippen LogP contribution in [0.1, 0.15) is 26.2 Å². The SMILES string of the molecule is CCCSCC(=O)N1CCCC1CN. The van der Waals surface area contributed by atoms with Crippen LogP contribution >= 0.6 is 11.8 Å². The molecule has 1 heterocycles. The van der Waals surface area contributed by atoms with Crippen LogP contribution in [0.4, 0.5) is 0 Å². The molecule has 82 valence electrons. The molecule has 1 aliphatic rings. The van der Waals surface area contributed by atoms with Crippen LogP contribution in [-0.4, -0.2) is 41.4 Å². The maximum absolute atomic E-state index is 11.7. The Labute approximate surface area is 90.4 Å². The summed E-state index contributed by atoms with van der Waals surface area (Å²) in [5.41, 5.74) is 5.62. The van der Waals surface area contributed by atoms with Gasteiger partial charge in [-0.2, -0.15) is 11.8 Å². The molecule has 0 spiro atoms. The van der Waals surface area contributed by atoms with E-state index in [1.54, 1.807) is 11.8 Å². The fourth-order valence-electron chi connectivity index (χ4n) is 1.80. The minimum atomic E-state index is 0.274. The minimum Gasteiger partial charge on any atom is -0.338 e. The Hall–Kier alpha value is -0.220. The largest absolute Gasteiger partial charge is 0.338 e. The summed E-state index contributed by atoms with van der Waals surface area (Å²) in [4.78, 5) is 13.7. The molecule has 0 aliphatic carbocycles. The third-order valence-electron chi connectivity index (χ3n) is 2.54. The van der Waals surface area contributed by atoms with E-state index in [0.717, 1.165) is 31.6 Å². The summed E-state index contributed by atoms with van der Waals surface area (Å²) >= 11 is 1.73. The Morgan fingerprint density at radius 1 is 1.64 bits per heavy atom. The maximum Gasteiger partial charge on any atom is 0.232 e. The molecule has 0 saturated carbocycles. The fraction of sp³-hybridized carbons (Fsp3) is 0.900. The molecule has 4 heteroatoms. The summed E-state index contributed by atoms with van der Waals surface area (Å²) in [5.74, 6) is 1.98. The predicted molar refractivity (Wildman–Crippen MR) is 61.4 cm³/mol. The molecule has 1 aliphatic heterocycles. The average Bonchev–Trinajstić information content (AvgIpc) is 2.65. The van der Waals surface area contributed by atoms with Crippen LogP contribution < -0.4 is 5.73 Å². The molecule has 0 radical (unpaired) electrons. The highest BCUT2D eigenvalue weighted by Crippen LogP contribution is 2.17. The minimum absolute atomic E-state index is 0.274. The quantitative estimate of drug-likeness (QED) is 0.700. The van der Waals surface area contributed by atoms with E-state index >= 15 is 0 Å². The number of hydrogen-bond donors (Lipinski definition) is 1. The van der Waals surface area contributed by atoms with Crippen molar-refractivity contribution in [1.29, 1.82) is 0 Å². The summed E-state index contributed by atoms with van der Waals surface area (Å²) in [7, 11) is 0. The van der Waals surface area contributed by atoms with Gasteiger partial charge in [-0.1, -0.05) is 6.92 Å². The monoisotopic (exact) mass is 216 g/mol. The lowest BCUT2D eigenvalue weighted by Gasteiger charge is -2.23. The van der Waals surface area contributed by atoms with Crippen molar-refractivity contribution in [2.75, 3.05) is 24.6 Å². The van der Waals surface area contributed by atoms with Crippen molar-refractivity contribution >= 4 is 17.7 Å². The molecule has 0 bridgehead atoms. The van der Waals surface area contributed by atoms with Gasteiger partial charge < -0.3 is 10.6 Å². The number of rotatable bonds is 5. The van der Waals surface area contributed by atoms with Crippen molar-refractivity contribution in [3.05, 3.63) is 0 Å². The zero-order valence-corrected chi connectivity index (χ0v) is 9.68. The number of nitrogens with zero attached hydrogens (tertiary/aromatic N) is 1. The van der Waals surface area contributed by atoms with Crippen molar-refractivity contribution < 1.29 is 4.79 Å². The Morgan fingerprint density at radius 2 is 2.43 bits per heavy atom. The predicted octanol–water partition coefficient (Wildman–Crippen LogP) is 1.08. The molecule has 1 fully saturated rings. The van der Waals surface area contributed by atoms with E-state index in [9.17, 15) is 4.79 Å². The zero-order valence-electron chi connectivity index (χ0n) is 8.87. The Morgan fingerprint density at radius 3 is 3.07 bits per heavy atom. The van der Waals surface area contributed by atoms with Crippen molar-refractivity contribution in [1.82, 2.24) is 4.90 Å². The number of likely N-dealkylation sites (tertiary alicyclic amines) is 1. The van der Waals surface area contributed by atoms with E-state index in [4.69, 9.17) is 5.73 Å². The third kappa shape index (κ3) is 3.17. The first-order chi connectivity index (χ1) is 6.79. The van der Waals surface area contributed by atoms with Crippen molar-refractivity contribution in [3.8, 4) is 0 Å². The van der Waals surface area contributed by atoms with Gasteiger partial charge in [-0.15, -0.1) is 0 Å². The fourth-order valence-corrected chi connectivity index (χ4v) is 2.57. The normalized spacial score (nSPS) is 21.6. The molecule has 2 N–H and O–H groups in total. The van der Waals surface area contributed by atoms with Crippen LogP contribution in [-0.2, 0) is 4.79 Å². The van der Waals surface area contributed by atoms with E-state index in [2.05, 4.69) is 6.92 Å². The summed E-state index contributed by atoms with van der Waals surface area (Å²) in [6, 6.07) is 0.310. The van der Waals surface area contributed by atoms with E-state index in [-0.39, 0.29) is 5.91 Å². The van der Waals surface area contributed by atoms with E-state index in [0.29, 0.717) is 18.3 Å². The lowest BCUT2D eigenvalue weighted by Crippen LogP contribution is -2.40. The summed E-state index contributed by atoms with van der Waals surface area (Å²) in [5, 5.41) is 0. The molecular weight excluding hydrogens is 196 g/mol. The van der Waals surface area contributed by atoms with Crippen molar-refractivity contribution in [2.24, 2.45) is 5.73 Å². The highest BCUT2D eigenvalue weighted by atomic mass is 32.2. The molecule has 1 unspecified atom stereocenters. The van der Waals surface area contributed by atoms with Crippen LogP contribution in [0.3, 0.4) is 0 Å². The number of amides is 1. The second-order valence-corrected chi connectivity index (χ2v) is 4.78. The molecule has 0 aromatic rings. The Bertz CT molecular complexity index is 187. The summed E-state index contributed by atoms with van der Waals surface area (Å²) in [6.45, 7) is 3.66. The van der Waals surface area contributed by atoms with Gasteiger partial charge in [0.05, 0.1) is 5.75 Å². The van der Waals surface area contributed by atoms with Gasteiger partial charge in [-0.05, 0) is 25.0 Å². The summed E-state index contributed by atoms with van der Waals surface area (Å²) < 4.78 is 0. The van der Waals surface area contributed by atoms with E-state index in [1.807, 2.05) is 4.90 Å². The third-order valence-corrected chi connectivity index (χ3v) is 3.69. The number of hydrogen-bond acceptors (Lipinski definition) is 3. The molecule has 0 aromatic carbocycles. The van der Waals surface area contributed by atoms with Gasteiger partial charge in [0.1, 0.15) is 0 Å². The lowest BCUT2D eigenvalue weighted by molar-refractivity contribution is -0.128. The molecular formula is C10H20N2OS. The number of thioether (sulfide) groups is 1. The standard InChI is InChI=1S/C10H20N2OS/c1-2-6-14-8-10(13)12-5-3-4-9(12)7-11/h9H,2-8,11H2,1H3. The van der Waals surface area contributed by atoms with Crippen LogP contribution in [0.15, 0.2) is 0 Å². The van der Waals surface area contributed by atoms with Crippen molar-refractivity contribution in [2.45, 2.75) is 32.2 Å². The first kappa shape index (κ1) is 11.9. The highest BCUT2D eigenvalue weighted by molar-refractivity contribution is 7.99. The first-order valence-corrected chi connectivity index (χ1v) is 6.52. The Balaban J connectivity index is 2.28. The second-order valence-electron chi connectivity index (χ2n) is 3.67. The Kier molecular flexibility index (Phi) is 5.33. The lowest BCUT2D eigenvalue weighted by atomic mass is 10.2. The van der Waals surface area contributed by atoms with Gasteiger partial charge in [0, 0.05) is 19.1 Å². The van der Waals surface area contributed by atoms with Gasteiger partial charge in [-0.25, -0.2) is 0 Å². The van der Waals surface area contributed by atoms with Gasteiger partial charge in [0.25, 0.3) is 0 Å².